The van der Waals surface area contributed by atoms with E-state index in [-0.39, 0.29) is 16.7 Å². The van der Waals surface area contributed by atoms with E-state index in [2.05, 4.69) is 26.0 Å². The molecule has 0 aliphatic carbocycles. The van der Waals surface area contributed by atoms with E-state index in [0.717, 1.165) is 40.5 Å². The number of aromatic amines is 1. The second-order valence-corrected chi connectivity index (χ2v) is 9.44. The minimum atomic E-state index is -0.364. The van der Waals surface area contributed by atoms with Crippen molar-refractivity contribution in [2.24, 2.45) is 0 Å². The maximum absolute atomic E-state index is 11.6. The van der Waals surface area contributed by atoms with Gasteiger partial charge in [-0.05, 0) is 43.2 Å². The average Bonchev–Trinajstić information content (AvgIpc) is 3.47. The summed E-state index contributed by atoms with van der Waals surface area (Å²) in [5, 5.41) is 32.2. The summed E-state index contributed by atoms with van der Waals surface area (Å²) in [5.74, 6) is 0. The average molecular weight is 503 g/mol. The fourth-order valence-corrected chi connectivity index (χ4v) is 5.45. The standard InChI is InChI=1S/C25H23ClN8O2/c26-17-8-9-22(34(35)36)23(14-17)31-12-10-18(11-13-31)33-21-7-2-1-6-20(21)32(25(33)27)15-16-4-3-5-19-24(16)29-30-28-19/h1-9,14,18,27H,10-13,15H2,(H,28,29,30). The zero-order valence-electron chi connectivity index (χ0n) is 19.3. The fourth-order valence-electron chi connectivity index (χ4n) is 5.28. The summed E-state index contributed by atoms with van der Waals surface area (Å²) in [6, 6.07) is 18.8. The Kier molecular flexibility index (Phi) is 5.45. The van der Waals surface area contributed by atoms with E-state index in [1.165, 1.54) is 6.07 Å². The van der Waals surface area contributed by atoms with Crippen LogP contribution >= 0.6 is 11.6 Å². The number of halogens is 1. The molecule has 0 atom stereocenters. The van der Waals surface area contributed by atoms with Crippen molar-refractivity contribution in [3.63, 3.8) is 0 Å². The van der Waals surface area contributed by atoms with Gasteiger partial charge in [0.1, 0.15) is 11.2 Å². The van der Waals surface area contributed by atoms with Gasteiger partial charge in [-0.1, -0.05) is 41.1 Å². The van der Waals surface area contributed by atoms with Crippen LogP contribution < -0.4 is 10.5 Å². The lowest BCUT2D eigenvalue weighted by molar-refractivity contribution is -0.384. The van der Waals surface area contributed by atoms with Crippen LogP contribution in [0.4, 0.5) is 11.4 Å². The molecule has 1 fully saturated rings. The van der Waals surface area contributed by atoms with Crippen molar-refractivity contribution in [2.45, 2.75) is 25.4 Å². The van der Waals surface area contributed by atoms with E-state index < -0.39 is 0 Å². The Morgan fingerprint density at radius 2 is 1.86 bits per heavy atom. The van der Waals surface area contributed by atoms with Gasteiger partial charge in [-0.25, -0.2) is 0 Å². The van der Waals surface area contributed by atoms with Gasteiger partial charge in [-0.2, -0.15) is 0 Å². The number of nitrogens with one attached hydrogen (secondary N) is 2. The normalized spacial score (nSPS) is 14.6. The van der Waals surface area contributed by atoms with E-state index >= 15 is 0 Å². The molecule has 1 aliphatic heterocycles. The van der Waals surface area contributed by atoms with E-state index in [0.29, 0.717) is 36.0 Å². The molecule has 0 radical (unpaired) electrons. The molecule has 6 rings (SSSR count). The number of hydrogen-bond acceptors (Lipinski definition) is 6. The molecular weight excluding hydrogens is 480 g/mol. The number of para-hydroxylation sites is 2. The number of nitro benzene ring substituents is 1. The molecule has 0 bridgehead atoms. The maximum Gasteiger partial charge on any atom is 0.292 e. The van der Waals surface area contributed by atoms with Gasteiger partial charge in [-0.3, -0.25) is 20.6 Å². The van der Waals surface area contributed by atoms with Crippen molar-refractivity contribution in [1.29, 1.82) is 5.41 Å². The second-order valence-electron chi connectivity index (χ2n) is 9.00. The highest BCUT2D eigenvalue weighted by Gasteiger charge is 2.28. The van der Waals surface area contributed by atoms with E-state index in [1.807, 2.05) is 45.9 Å². The molecule has 3 heterocycles. The highest BCUT2D eigenvalue weighted by molar-refractivity contribution is 6.31. The van der Waals surface area contributed by atoms with Crippen molar-refractivity contribution < 1.29 is 4.92 Å². The first-order valence-electron chi connectivity index (χ1n) is 11.7. The van der Waals surface area contributed by atoms with Gasteiger partial charge in [-0.15, -0.1) is 5.10 Å². The van der Waals surface area contributed by atoms with Gasteiger partial charge < -0.3 is 14.0 Å². The first-order chi connectivity index (χ1) is 17.5. The van der Waals surface area contributed by atoms with Crippen molar-refractivity contribution in [2.75, 3.05) is 18.0 Å². The van der Waals surface area contributed by atoms with E-state index in [4.69, 9.17) is 17.0 Å². The van der Waals surface area contributed by atoms with Crippen molar-refractivity contribution >= 4 is 45.0 Å². The second kappa shape index (κ2) is 8.80. The molecule has 11 heteroatoms. The fraction of sp³-hybridized carbons (Fsp3) is 0.240. The van der Waals surface area contributed by atoms with Gasteiger partial charge in [0.25, 0.3) is 5.69 Å². The van der Waals surface area contributed by atoms with Crippen LogP contribution in [0.2, 0.25) is 5.02 Å². The van der Waals surface area contributed by atoms with E-state index in [9.17, 15) is 10.1 Å². The largest absolute Gasteiger partial charge is 0.366 e. The predicted molar refractivity (Wildman–Crippen MR) is 137 cm³/mol. The predicted octanol–water partition coefficient (Wildman–Crippen LogP) is 4.64. The smallest absolute Gasteiger partial charge is 0.292 e. The molecule has 1 aliphatic rings. The summed E-state index contributed by atoms with van der Waals surface area (Å²) in [6.07, 6.45) is 1.51. The Labute approximate surface area is 210 Å². The van der Waals surface area contributed by atoms with Gasteiger partial charge in [0.2, 0.25) is 5.62 Å². The topological polar surface area (TPSA) is 122 Å². The number of rotatable bonds is 5. The molecule has 5 aromatic rings. The monoisotopic (exact) mass is 502 g/mol. The SMILES string of the molecule is N=c1n(Cc2cccc3[nH]nnc23)c2ccccc2n1C1CCN(c2cc(Cl)ccc2[N+](=O)[O-])CC1. The van der Waals surface area contributed by atoms with Crippen LogP contribution in [0.15, 0.2) is 60.7 Å². The zero-order chi connectivity index (χ0) is 24.8. The molecule has 0 saturated carbocycles. The summed E-state index contributed by atoms with van der Waals surface area (Å²) in [4.78, 5) is 13.2. The van der Waals surface area contributed by atoms with Crippen molar-refractivity contribution in [1.82, 2.24) is 24.5 Å². The van der Waals surface area contributed by atoms with Gasteiger partial charge in [0, 0.05) is 35.8 Å². The third kappa shape index (κ3) is 3.70. The summed E-state index contributed by atoms with van der Waals surface area (Å²) < 4.78 is 4.11. The summed E-state index contributed by atoms with van der Waals surface area (Å²) in [6.45, 7) is 1.77. The Hall–Kier alpha value is -4.18. The number of nitrogens with zero attached hydrogens (tertiary/aromatic N) is 6. The summed E-state index contributed by atoms with van der Waals surface area (Å²) >= 11 is 6.16. The number of benzene rings is 3. The number of hydrogen-bond donors (Lipinski definition) is 2. The molecule has 2 N–H and O–H groups in total. The Balaban J connectivity index is 1.33. The molecule has 182 valence electrons. The lowest BCUT2D eigenvalue weighted by atomic mass is 10.0. The number of piperidine rings is 1. The lowest BCUT2D eigenvalue weighted by Crippen LogP contribution is -2.38. The van der Waals surface area contributed by atoms with E-state index in [1.54, 1.807) is 12.1 Å². The van der Waals surface area contributed by atoms with Crippen LogP contribution in [0.5, 0.6) is 0 Å². The molecule has 0 amide bonds. The number of aromatic nitrogens is 5. The van der Waals surface area contributed by atoms with Gasteiger partial charge in [0.15, 0.2) is 0 Å². The molecule has 3 aromatic carbocycles. The van der Waals surface area contributed by atoms with Crippen LogP contribution in [0, 0.1) is 15.5 Å². The summed E-state index contributed by atoms with van der Waals surface area (Å²) in [5.41, 5.74) is 5.67. The Morgan fingerprint density at radius 3 is 2.64 bits per heavy atom. The number of H-pyrrole nitrogens is 1. The Morgan fingerprint density at radius 1 is 1.08 bits per heavy atom. The molecule has 2 aromatic heterocycles. The third-order valence-electron chi connectivity index (χ3n) is 6.99. The minimum absolute atomic E-state index is 0.0605. The first kappa shape index (κ1) is 22.3. The van der Waals surface area contributed by atoms with Crippen LogP contribution in [0.25, 0.3) is 22.1 Å². The molecule has 36 heavy (non-hydrogen) atoms. The maximum atomic E-state index is 11.6. The van der Waals surface area contributed by atoms with Crippen molar-refractivity contribution in [3.8, 4) is 0 Å². The zero-order valence-corrected chi connectivity index (χ0v) is 20.0. The lowest BCUT2D eigenvalue weighted by Gasteiger charge is -2.34. The number of imidazole rings is 1. The van der Waals surface area contributed by atoms with Crippen LogP contribution in [-0.2, 0) is 6.54 Å². The quantitative estimate of drug-likeness (QED) is 0.268. The highest BCUT2D eigenvalue weighted by Crippen LogP contribution is 2.35. The van der Waals surface area contributed by atoms with Crippen LogP contribution in [0.1, 0.15) is 24.4 Å². The number of anilines is 1. The third-order valence-corrected chi connectivity index (χ3v) is 7.22. The Bertz CT molecular complexity index is 1660. The molecule has 1 saturated heterocycles. The first-order valence-corrected chi connectivity index (χ1v) is 12.1. The highest BCUT2D eigenvalue weighted by atomic mass is 35.5. The molecule has 10 nitrogen and oxygen atoms in total. The van der Waals surface area contributed by atoms with Crippen LogP contribution in [-0.4, -0.2) is 42.6 Å². The van der Waals surface area contributed by atoms with Crippen molar-refractivity contribution in [3.05, 3.63) is 87.0 Å². The number of nitro groups is 1. The van der Waals surface area contributed by atoms with Gasteiger partial charge >= 0.3 is 0 Å². The van der Waals surface area contributed by atoms with Crippen LogP contribution in [0.3, 0.4) is 0 Å². The molecular formula is C25H23ClN8O2. The summed E-state index contributed by atoms with van der Waals surface area (Å²) in [7, 11) is 0. The molecule has 0 unspecified atom stereocenters. The molecule has 0 spiro atoms. The minimum Gasteiger partial charge on any atom is -0.366 e. The number of fused-ring (bicyclic) bond motifs is 2. The van der Waals surface area contributed by atoms with Gasteiger partial charge in [0.05, 0.1) is 28.0 Å².